The van der Waals surface area contributed by atoms with Crippen LogP contribution in [0.15, 0.2) is 0 Å². The quantitative estimate of drug-likeness (QED) is 0.514. The summed E-state index contributed by atoms with van der Waals surface area (Å²) in [5.74, 6) is 0. The van der Waals surface area contributed by atoms with Crippen LogP contribution >= 0.6 is 0 Å². The van der Waals surface area contributed by atoms with Crippen LogP contribution < -0.4 is 16.4 Å². The highest BCUT2D eigenvalue weighted by Gasteiger charge is 2.06. The highest BCUT2D eigenvalue weighted by Crippen LogP contribution is 1.97. The van der Waals surface area contributed by atoms with E-state index in [-0.39, 0.29) is 5.54 Å². The van der Waals surface area contributed by atoms with E-state index in [1.165, 1.54) is 6.42 Å². The number of nitrogens with one attached hydrogen (secondary N) is 2. The molecule has 3 nitrogen and oxygen atoms in total. The summed E-state index contributed by atoms with van der Waals surface area (Å²) >= 11 is 0. The summed E-state index contributed by atoms with van der Waals surface area (Å²) in [5, 5.41) is 6.80. The van der Waals surface area contributed by atoms with Crippen LogP contribution in [-0.4, -0.2) is 31.7 Å². The van der Waals surface area contributed by atoms with Crippen molar-refractivity contribution in [3.63, 3.8) is 0 Å². The molecule has 0 heterocycles. The molecule has 0 aromatic carbocycles. The Morgan fingerprint density at radius 3 is 2.15 bits per heavy atom. The van der Waals surface area contributed by atoms with Gasteiger partial charge < -0.3 is 16.4 Å². The van der Waals surface area contributed by atoms with Gasteiger partial charge in [0.25, 0.3) is 0 Å². The summed E-state index contributed by atoms with van der Waals surface area (Å²) in [4.78, 5) is 0. The minimum Gasteiger partial charge on any atom is -0.330 e. The number of hydrogen-bond donors (Lipinski definition) is 3. The third-order valence-electron chi connectivity index (χ3n) is 1.74. The van der Waals surface area contributed by atoms with Crippen LogP contribution in [-0.2, 0) is 0 Å². The lowest BCUT2D eigenvalue weighted by atomic mass is 10.1. The monoisotopic (exact) mass is 187 g/mol. The molecule has 0 aliphatic rings. The summed E-state index contributed by atoms with van der Waals surface area (Å²) in [7, 11) is 0. The highest BCUT2D eigenvalue weighted by atomic mass is 14.9. The summed E-state index contributed by atoms with van der Waals surface area (Å²) in [6.45, 7) is 10.6. The molecule has 80 valence electrons. The Labute approximate surface area is 82.5 Å². The van der Waals surface area contributed by atoms with Crippen molar-refractivity contribution in [1.82, 2.24) is 10.6 Å². The average Bonchev–Trinajstić information content (AvgIpc) is 2.01. The maximum Gasteiger partial charge on any atom is 0.00965 e. The van der Waals surface area contributed by atoms with Gasteiger partial charge in [-0.2, -0.15) is 0 Å². The number of hydrogen-bond acceptors (Lipinski definition) is 3. The van der Waals surface area contributed by atoms with Gasteiger partial charge in [-0.25, -0.2) is 0 Å². The van der Waals surface area contributed by atoms with Gasteiger partial charge in [0.15, 0.2) is 0 Å². The van der Waals surface area contributed by atoms with E-state index in [2.05, 4.69) is 31.4 Å². The van der Waals surface area contributed by atoms with Gasteiger partial charge in [0.05, 0.1) is 0 Å². The smallest absolute Gasteiger partial charge is 0.00965 e. The van der Waals surface area contributed by atoms with Crippen molar-refractivity contribution in [2.75, 3.05) is 26.2 Å². The van der Waals surface area contributed by atoms with Crippen molar-refractivity contribution in [3.8, 4) is 0 Å². The summed E-state index contributed by atoms with van der Waals surface area (Å²) < 4.78 is 0. The van der Waals surface area contributed by atoms with Gasteiger partial charge in [-0.3, -0.25) is 0 Å². The van der Waals surface area contributed by atoms with Gasteiger partial charge in [0.1, 0.15) is 0 Å². The Morgan fingerprint density at radius 1 is 1.00 bits per heavy atom. The van der Waals surface area contributed by atoms with Crippen LogP contribution in [0.1, 0.15) is 33.6 Å². The molecule has 0 aliphatic carbocycles. The van der Waals surface area contributed by atoms with Crippen molar-refractivity contribution in [2.24, 2.45) is 5.73 Å². The fraction of sp³-hybridized carbons (Fsp3) is 1.00. The molecule has 0 fully saturated rings. The summed E-state index contributed by atoms with van der Waals surface area (Å²) in [6.07, 6.45) is 2.26. The van der Waals surface area contributed by atoms with Crippen molar-refractivity contribution in [1.29, 1.82) is 0 Å². The first-order chi connectivity index (χ1) is 6.06. The van der Waals surface area contributed by atoms with Crippen LogP contribution in [0.4, 0.5) is 0 Å². The zero-order valence-corrected chi connectivity index (χ0v) is 9.32. The SMILES string of the molecule is CC(C)(C)NCCCNCCCN. The molecule has 3 heteroatoms. The lowest BCUT2D eigenvalue weighted by Crippen LogP contribution is -2.37. The molecule has 0 saturated heterocycles. The second kappa shape index (κ2) is 7.30. The summed E-state index contributed by atoms with van der Waals surface area (Å²) in [6, 6.07) is 0. The molecule has 0 unspecified atom stereocenters. The maximum atomic E-state index is 5.37. The standard InChI is InChI=1S/C10H25N3/c1-10(2,3)13-9-5-8-12-7-4-6-11/h12-13H,4-9,11H2,1-3H3. The highest BCUT2D eigenvalue weighted by molar-refractivity contribution is 4.69. The zero-order chi connectivity index (χ0) is 10.2. The molecule has 0 amide bonds. The van der Waals surface area contributed by atoms with E-state index in [1.54, 1.807) is 0 Å². The topological polar surface area (TPSA) is 50.1 Å². The lowest BCUT2D eigenvalue weighted by Gasteiger charge is -2.20. The normalized spacial score (nSPS) is 12.0. The molecule has 0 aromatic rings. The van der Waals surface area contributed by atoms with Crippen molar-refractivity contribution < 1.29 is 0 Å². The van der Waals surface area contributed by atoms with Gasteiger partial charge in [-0.1, -0.05) is 0 Å². The molecular weight excluding hydrogens is 162 g/mol. The van der Waals surface area contributed by atoms with Gasteiger partial charge >= 0.3 is 0 Å². The first kappa shape index (κ1) is 12.9. The molecule has 0 saturated carbocycles. The zero-order valence-electron chi connectivity index (χ0n) is 9.32. The van der Waals surface area contributed by atoms with E-state index in [0.29, 0.717) is 0 Å². The molecule has 0 bridgehead atoms. The third-order valence-corrected chi connectivity index (χ3v) is 1.74. The molecule has 0 atom stereocenters. The molecule has 0 aromatic heterocycles. The molecule has 0 spiro atoms. The van der Waals surface area contributed by atoms with Crippen molar-refractivity contribution in [2.45, 2.75) is 39.2 Å². The van der Waals surface area contributed by atoms with Crippen LogP contribution in [0.2, 0.25) is 0 Å². The van der Waals surface area contributed by atoms with E-state index in [4.69, 9.17) is 5.73 Å². The minimum atomic E-state index is 0.247. The predicted octanol–water partition coefficient (Wildman–Crippen LogP) is 0.703. The number of nitrogens with two attached hydrogens (primary N) is 1. The molecule has 0 rings (SSSR count). The van der Waals surface area contributed by atoms with E-state index in [1.807, 2.05) is 0 Å². The Balaban J connectivity index is 3.00. The third kappa shape index (κ3) is 11.9. The fourth-order valence-electron chi connectivity index (χ4n) is 1.03. The minimum absolute atomic E-state index is 0.247. The fourth-order valence-corrected chi connectivity index (χ4v) is 1.03. The summed E-state index contributed by atoms with van der Waals surface area (Å²) in [5.41, 5.74) is 5.62. The molecule has 0 aliphatic heterocycles. The predicted molar refractivity (Wildman–Crippen MR) is 58.9 cm³/mol. The van der Waals surface area contributed by atoms with E-state index >= 15 is 0 Å². The molecular formula is C10H25N3. The number of rotatable bonds is 7. The molecule has 0 radical (unpaired) electrons. The van der Waals surface area contributed by atoms with Crippen LogP contribution in [0.25, 0.3) is 0 Å². The maximum absolute atomic E-state index is 5.37. The van der Waals surface area contributed by atoms with Gasteiger partial charge in [-0.05, 0) is 59.8 Å². The first-order valence-electron chi connectivity index (χ1n) is 5.22. The Morgan fingerprint density at radius 2 is 1.62 bits per heavy atom. The van der Waals surface area contributed by atoms with Gasteiger partial charge in [0.2, 0.25) is 0 Å². The van der Waals surface area contributed by atoms with Crippen LogP contribution in [0, 0.1) is 0 Å². The van der Waals surface area contributed by atoms with Crippen molar-refractivity contribution in [3.05, 3.63) is 0 Å². The Kier molecular flexibility index (Phi) is 7.23. The average molecular weight is 187 g/mol. The largest absolute Gasteiger partial charge is 0.330 e. The van der Waals surface area contributed by atoms with Gasteiger partial charge in [-0.15, -0.1) is 0 Å². The lowest BCUT2D eigenvalue weighted by molar-refractivity contribution is 0.418. The van der Waals surface area contributed by atoms with E-state index in [0.717, 1.165) is 32.6 Å². The van der Waals surface area contributed by atoms with Crippen molar-refractivity contribution >= 4 is 0 Å². The van der Waals surface area contributed by atoms with Crippen LogP contribution in [0.5, 0.6) is 0 Å². The Hall–Kier alpha value is -0.120. The van der Waals surface area contributed by atoms with E-state index in [9.17, 15) is 0 Å². The van der Waals surface area contributed by atoms with E-state index < -0.39 is 0 Å². The van der Waals surface area contributed by atoms with Crippen LogP contribution in [0.3, 0.4) is 0 Å². The Bertz CT molecular complexity index is 107. The molecule has 4 N–H and O–H groups in total. The molecule has 13 heavy (non-hydrogen) atoms. The first-order valence-corrected chi connectivity index (χ1v) is 5.22. The van der Waals surface area contributed by atoms with Gasteiger partial charge in [0, 0.05) is 5.54 Å². The second-order valence-electron chi connectivity index (χ2n) is 4.42. The second-order valence-corrected chi connectivity index (χ2v) is 4.42.